The highest BCUT2D eigenvalue weighted by Gasteiger charge is 2.39. The molecule has 8 nitrogen and oxygen atoms in total. The molecule has 2 aromatic carbocycles. The minimum atomic E-state index is -0.633. The smallest absolute Gasteiger partial charge is 0.255 e. The van der Waals surface area contributed by atoms with Gasteiger partial charge in [0.25, 0.3) is 5.91 Å². The summed E-state index contributed by atoms with van der Waals surface area (Å²) in [5, 5.41) is 3.08. The Bertz CT molecular complexity index is 1480. The van der Waals surface area contributed by atoms with Crippen LogP contribution in [0.25, 0.3) is 5.57 Å². The van der Waals surface area contributed by atoms with Crippen LogP contribution in [-0.4, -0.2) is 70.5 Å². The number of rotatable bonds is 6. The zero-order valence-electron chi connectivity index (χ0n) is 24.2. The van der Waals surface area contributed by atoms with E-state index in [1.165, 1.54) is 16.7 Å². The van der Waals surface area contributed by atoms with E-state index in [1.807, 2.05) is 29.2 Å². The van der Waals surface area contributed by atoms with Crippen molar-refractivity contribution in [3.05, 3.63) is 75.3 Å². The zero-order valence-corrected chi connectivity index (χ0v) is 25.0. The fourth-order valence-corrected chi connectivity index (χ4v) is 6.87. The Morgan fingerprint density at radius 3 is 2.48 bits per heavy atom. The molecule has 2 fully saturated rings. The predicted molar refractivity (Wildman–Crippen MR) is 160 cm³/mol. The van der Waals surface area contributed by atoms with E-state index >= 15 is 0 Å². The van der Waals surface area contributed by atoms with Gasteiger partial charge in [-0.15, -0.1) is 0 Å². The van der Waals surface area contributed by atoms with Crippen molar-refractivity contribution in [2.75, 3.05) is 26.2 Å². The van der Waals surface area contributed by atoms with E-state index in [9.17, 15) is 19.2 Å². The number of carbonyl (C=O) groups is 4. The maximum atomic E-state index is 13.3. The van der Waals surface area contributed by atoms with Crippen LogP contribution in [0.15, 0.2) is 48.0 Å². The Morgan fingerprint density at radius 1 is 0.952 bits per heavy atom. The standard InChI is InChI=1S/C33H37ClN4O4/c1-33(2)12-11-23(27(16-33)22-4-6-25(34)7-5-22)18-36-13-14-37(30(40)20-36)17-21-3-8-26-24(15-21)19-38(32(26)42)28-9-10-29(39)35-31(28)41/h3-8,15,28H,9-14,16-20H2,1-2H3,(H,35,39,41). The highest BCUT2D eigenvalue weighted by Crippen LogP contribution is 2.43. The van der Waals surface area contributed by atoms with Gasteiger partial charge in [-0.3, -0.25) is 29.4 Å². The molecule has 4 aliphatic rings. The molecule has 3 heterocycles. The Kier molecular flexibility index (Phi) is 7.70. The molecule has 2 aromatic rings. The van der Waals surface area contributed by atoms with Gasteiger partial charge in [0.1, 0.15) is 6.04 Å². The first kappa shape index (κ1) is 28.6. The van der Waals surface area contributed by atoms with E-state index in [-0.39, 0.29) is 29.6 Å². The first-order chi connectivity index (χ1) is 20.1. The lowest BCUT2D eigenvalue weighted by molar-refractivity contribution is -0.137. The minimum absolute atomic E-state index is 0.104. The highest BCUT2D eigenvalue weighted by molar-refractivity contribution is 6.30. The summed E-state index contributed by atoms with van der Waals surface area (Å²) in [5.74, 6) is -0.792. The molecule has 1 atom stereocenters. The SMILES string of the molecule is CC1(C)CCC(CN2CCN(Cc3ccc4c(c3)CN(C3CCC(=O)NC3=O)C4=O)C(=O)C2)=C(c2ccc(Cl)cc2)C1. The number of benzene rings is 2. The van der Waals surface area contributed by atoms with Crippen LogP contribution >= 0.6 is 11.6 Å². The maximum Gasteiger partial charge on any atom is 0.255 e. The van der Waals surface area contributed by atoms with Gasteiger partial charge in [0.2, 0.25) is 17.7 Å². The third kappa shape index (κ3) is 5.88. The molecule has 42 heavy (non-hydrogen) atoms. The fourth-order valence-electron chi connectivity index (χ4n) is 6.74. The van der Waals surface area contributed by atoms with Gasteiger partial charge >= 0.3 is 0 Å². The second kappa shape index (κ2) is 11.3. The van der Waals surface area contributed by atoms with Crippen molar-refractivity contribution in [2.24, 2.45) is 5.41 Å². The van der Waals surface area contributed by atoms with Crippen molar-refractivity contribution >= 4 is 40.8 Å². The number of nitrogens with zero attached hydrogens (tertiary/aromatic N) is 3. The lowest BCUT2D eigenvalue weighted by Crippen LogP contribution is -2.52. The number of piperazine rings is 1. The summed E-state index contributed by atoms with van der Waals surface area (Å²) in [6, 6.07) is 13.2. The van der Waals surface area contributed by atoms with Crippen LogP contribution < -0.4 is 5.32 Å². The number of halogens is 1. The van der Waals surface area contributed by atoms with Crippen molar-refractivity contribution in [3.63, 3.8) is 0 Å². The van der Waals surface area contributed by atoms with E-state index < -0.39 is 11.9 Å². The number of amides is 4. The molecule has 0 aromatic heterocycles. The summed E-state index contributed by atoms with van der Waals surface area (Å²) < 4.78 is 0. The normalized spacial score (nSPS) is 23.0. The molecule has 0 spiro atoms. The predicted octanol–water partition coefficient (Wildman–Crippen LogP) is 4.41. The molecular formula is C33H37ClN4O4. The molecule has 9 heteroatoms. The first-order valence-electron chi connectivity index (χ1n) is 14.8. The van der Waals surface area contributed by atoms with Crippen molar-refractivity contribution in [1.29, 1.82) is 0 Å². The van der Waals surface area contributed by atoms with Gasteiger partial charge in [-0.05, 0) is 71.6 Å². The maximum absolute atomic E-state index is 13.3. The summed E-state index contributed by atoms with van der Waals surface area (Å²) >= 11 is 6.16. The monoisotopic (exact) mass is 588 g/mol. The van der Waals surface area contributed by atoms with Crippen LogP contribution in [0.2, 0.25) is 5.02 Å². The molecule has 1 N–H and O–H groups in total. The van der Waals surface area contributed by atoms with Crippen molar-refractivity contribution in [2.45, 2.75) is 65.1 Å². The topological polar surface area (TPSA) is 90.0 Å². The lowest BCUT2D eigenvalue weighted by atomic mass is 9.72. The second-order valence-corrected chi connectivity index (χ2v) is 13.3. The highest BCUT2D eigenvalue weighted by atomic mass is 35.5. The van der Waals surface area contributed by atoms with E-state index in [2.05, 4.69) is 36.2 Å². The van der Waals surface area contributed by atoms with Crippen molar-refractivity contribution in [1.82, 2.24) is 20.0 Å². The minimum Gasteiger partial charge on any atom is -0.336 e. The van der Waals surface area contributed by atoms with Gasteiger partial charge in [0, 0.05) is 49.7 Å². The van der Waals surface area contributed by atoms with Crippen LogP contribution in [0.3, 0.4) is 0 Å². The Labute approximate surface area is 251 Å². The van der Waals surface area contributed by atoms with Gasteiger partial charge < -0.3 is 9.80 Å². The number of nitrogens with one attached hydrogen (secondary N) is 1. The molecule has 2 saturated heterocycles. The summed E-state index contributed by atoms with van der Waals surface area (Å²) in [6.07, 6.45) is 3.75. The largest absolute Gasteiger partial charge is 0.336 e. The molecule has 6 rings (SSSR count). The molecule has 1 aliphatic carbocycles. The van der Waals surface area contributed by atoms with Gasteiger partial charge in [-0.1, -0.05) is 55.3 Å². The van der Waals surface area contributed by atoms with Crippen LogP contribution in [0.4, 0.5) is 0 Å². The molecule has 4 amide bonds. The fraction of sp³-hybridized carbons (Fsp3) is 0.455. The number of imide groups is 1. The molecule has 0 saturated carbocycles. The number of allylic oxidation sites excluding steroid dienone is 1. The number of hydrogen-bond acceptors (Lipinski definition) is 5. The van der Waals surface area contributed by atoms with Crippen molar-refractivity contribution < 1.29 is 19.2 Å². The molecule has 220 valence electrons. The first-order valence-corrected chi connectivity index (χ1v) is 15.2. The number of carbonyl (C=O) groups excluding carboxylic acids is 4. The van der Waals surface area contributed by atoms with Gasteiger partial charge in [0.15, 0.2) is 0 Å². The van der Waals surface area contributed by atoms with E-state index in [0.29, 0.717) is 38.2 Å². The average molecular weight is 589 g/mol. The second-order valence-electron chi connectivity index (χ2n) is 12.8. The quantitative estimate of drug-likeness (QED) is 0.505. The summed E-state index contributed by atoms with van der Waals surface area (Å²) in [7, 11) is 0. The third-order valence-corrected chi connectivity index (χ3v) is 9.40. The number of hydrogen-bond donors (Lipinski definition) is 1. The average Bonchev–Trinajstić information content (AvgIpc) is 3.26. The van der Waals surface area contributed by atoms with Crippen LogP contribution in [0, 0.1) is 5.41 Å². The van der Waals surface area contributed by atoms with Crippen LogP contribution in [0.1, 0.15) is 73.0 Å². The van der Waals surface area contributed by atoms with Gasteiger partial charge in [-0.25, -0.2) is 0 Å². The van der Waals surface area contributed by atoms with E-state index in [4.69, 9.17) is 11.6 Å². The van der Waals surface area contributed by atoms with Crippen LogP contribution in [-0.2, 0) is 27.5 Å². The molecular weight excluding hydrogens is 552 g/mol. The molecule has 0 radical (unpaired) electrons. The van der Waals surface area contributed by atoms with E-state index in [1.54, 1.807) is 11.0 Å². The Balaban J connectivity index is 1.10. The lowest BCUT2D eigenvalue weighted by Gasteiger charge is -2.38. The molecule has 0 bridgehead atoms. The van der Waals surface area contributed by atoms with Crippen molar-refractivity contribution in [3.8, 4) is 0 Å². The molecule has 1 unspecified atom stereocenters. The van der Waals surface area contributed by atoms with E-state index in [0.717, 1.165) is 48.5 Å². The number of piperidine rings is 1. The Morgan fingerprint density at radius 2 is 1.74 bits per heavy atom. The van der Waals surface area contributed by atoms with Gasteiger partial charge in [0.05, 0.1) is 6.54 Å². The summed E-state index contributed by atoms with van der Waals surface area (Å²) in [6.45, 7) is 8.09. The molecule has 3 aliphatic heterocycles. The van der Waals surface area contributed by atoms with Crippen LogP contribution in [0.5, 0.6) is 0 Å². The Hall–Kier alpha value is -3.49. The summed E-state index contributed by atoms with van der Waals surface area (Å²) in [5.41, 5.74) is 6.68. The van der Waals surface area contributed by atoms with Gasteiger partial charge in [-0.2, -0.15) is 0 Å². The zero-order chi connectivity index (χ0) is 29.6. The summed E-state index contributed by atoms with van der Waals surface area (Å²) in [4.78, 5) is 55.9. The number of fused-ring (bicyclic) bond motifs is 1. The third-order valence-electron chi connectivity index (χ3n) is 9.15.